The van der Waals surface area contributed by atoms with Gasteiger partial charge in [-0.05, 0) is 43.9 Å². The molecule has 6 heteroatoms. The highest BCUT2D eigenvalue weighted by atomic mass is 35.5. The van der Waals surface area contributed by atoms with Crippen molar-refractivity contribution in [3.8, 4) is 0 Å². The third-order valence-electron chi connectivity index (χ3n) is 3.56. The van der Waals surface area contributed by atoms with Crippen molar-refractivity contribution in [3.63, 3.8) is 0 Å². The van der Waals surface area contributed by atoms with Gasteiger partial charge in [-0.1, -0.05) is 17.7 Å². The molecule has 0 saturated carbocycles. The Bertz CT molecular complexity index is 491. The van der Waals surface area contributed by atoms with Gasteiger partial charge >= 0.3 is 6.03 Å². The van der Waals surface area contributed by atoms with Crippen LogP contribution < -0.4 is 10.6 Å². The van der Waals surface area contributed by atoms with Crippen molar-refractivity contribution in [2.24, 2.45) is 0 Å². The Morgan fingerprint density at radius 1 is 1.43 bits per heavy atom. The summed E-state index contributed by atoms with van der Waals surface area (Å²) in [5, 5.41) is 6.08. The summed E-state index contributed by atoms with van der Waals surface area (Å²) in [4.78, 5) is 12.0. The van der Waals surface area contributed by atoms with E-state index < -0.39 is 0 Å². The summed E-state index contributed by atoms with van der Waals surface area (Å²) in [7, 11) is 0. The third kappa shape index (κ3) is 4.86. The summed E-state index contributed by atoms with van der Waals surface area (Å²) in [6, 6.07) is 3.76. The van der Waals surface area contributed by atoms with Gasteiger partial charge in [0.05, 0.1) is 6.04 Å². The molecule has 0 bridgehead atoms. The number of amides is 2. The molecule has 1 aromatic rings. The molecule has 1 fully saturated rings. The molecule has 1 aromatic carbocycles. The van der Waals surface area contributed by atoms with Crippen molar-refractivity contribution in [3.05, 3.63) is 34.6 Å². The van der Waals surface area contributed by atoms with Crippen LogP contribution >= 0.6 is 11.6 Å². The fourth-order valence-electron chi connectivity index (χ4n) is 2.40. The molecular weight excluding hydrogens is 295 g/mol. The molecule has 2 unspecified atom stereocenters. The Morgan fingerprint density at radius 3 is 3.00 bits per heavy atom. The summed E-state index contributed by atoms with van der Waals surface area (Å²) >= 11 is 5.99. The van der Waals surface area contributed by atoms with Crippen LogP contribution in [0.25, 0.3) is 0 Å². The lowest BCUT2D eigenvalue weighted by Gasteiger charge is -2.20. The van der Waals surface area contributed by atoms with Crippen LogP contribution in [-0.4, -0.2) is 25.3 Å². The van der Waals surface area contributed by atoms with Crippen LogP contribution in [0.5, 0.6) is 0 Å². The van der Waals surface area contributed by atoms with E-state index >= 15 is 0 Å². The van der Waals surface area contributed by atoms with Gasteiger partial charge < -0.3 is 15.4 Å². The number of ether oxygens (including phenoxy) is 1. The topological polar surface area (TPSA) is 50.4 Å². The van der Waals surface area contributed by atoms with E-state index in [2.05, 4.69) is 10.6 Å². The molecule has 116 valence electrons. The lowest BCUT2D eigenvalue weighted by Crippen LogP contribution is -2.43. The maximum absolute atomic E-state index is 13.0. The lowest BCUT2D eigenvalue weighted by molar-refractivity contribution is 0.142. The van der Waals surface area contributed by atoms with Crippen molar-refractivity contribution >= 4 is 17.6 Å². The van der Waals surface area contributed by atoms with E-state index in [1.807, 2.05) is 6.92 Å². The molecule has 2 N–H and O–H groups in total. The van der Waals surface area contributed by atoms with E-state index in [1.165, 1.54) is 12.1 Å². The van der Waals surface area contributed by atoms with Crippen molar-refractivity contribution in [1.29, 1.82) is 0 Å². The van der Waals surface area contributed by atoms with Gasteiger partial charge in [-0.15, -0.1) is 0 Å². The van der Waals surface area contributed by atoms with Crippen LogP contribution in [0.4, 0.5) is 9.18 Å². The predicted octanol–water partition coefficient (Wildman–Crippen LogP) is 3.41. The molecule has 2 rings (SSSR count). The molecular formula is C15H20ClFN2O2. The van der Waals surface area contributed by atoms with E-state index in [0.717, 1.165) is 25.9 Å². The van der Waals surface area contributed by atoms with Crippen molar-refractivity contribution in [2.45, 2.75) is 38.3 Å². The predicted molar refractivity (Wildman–Crippen MR) is 80.0 cm³/mol. The normalized spacial score (nSPS) is 20.4. The molecule has 21 heavy (non-hydrogen) atoms. The summed E-state index contributed by atoms with van der Waals surface area (Å²) in [6.45, 7) is 3.24. The standard InChI is InChI=1S/C15H20ClFN2O2/c1-10(13-5-4-11(17)9-14(13)16)18-15(20)19-12-3-2-7-21-8-6-12/h4-5,9-10,12H,2-3,6-8H2,1H3,(H2,18,19,20). The minimum Gasteiger partial charge on any atom is -0.381 e. The maximum atomic E-state index is 13.0. The molecule has 1 aliphatic heterocycles. The van der Waals surface area contributed by atoms with Crippen LogP contribution in [-0.2, 0) is 4.74 Å². The van der Waals surface area contributed by atoms with Gasteiger partial charge in [0.25, 0.3) is 0 Å². The average molecular weight is 315 g/mol. The number of rotatable bonds is 3. The third-order valence-corrected chi connectivity index (χ3v) is 3.89. The van der Waals surface area contributed by atoms with E-state index in [0.29, 0.717) is 17.2 Å². The fourth-order valence-corrected chi connectivity index (χ4v) is 2.73. The van der Waals surface area contributed by atoms with Crippen molar-refractivity contribution < 1.29 is 13.9 Å². The Balaban J connectivity index is 1.89. The highest BCUT2D eigenvalue weighted by Gasteiger charge is 2.17. The molecule has 0 spiro atoms. The Morgan fingerprint density at radius 2 is 2.24 bits per heavy atom. The summed E-state index contributed by atoms with van der Waals surface area (Å²) in [6.07, 6.45) is 2.68. The SMILES string of the molecule is CC(NC(=O)NC1CCCOCC1)c1ccc(F)cc1Cl. The molecule has 0 radical (unpaired) electrons. The number of hydrogen-bond donors (Lipinski definition) is 2. The Hall–Kier alpha value is -1.33. The number of halogens is 2. The smallest absolute Gasteiger partial charge is 0.315 e. The van der Waals surface area contributed by atoms with Crippen LogP contribution in [0.1, 0.15) is 37.8 Å². The Labute approximate surface area is 129 Å². The van der Waals surface area contributed by atoms with E-state index in [-0.39, 0.29) is 23.9 Å². The fraction of sp³-hybridized carbons (Fsp3) is 0.533. The van der Waals surface area contributed by atoms with Gasteiger partial charge in [-0.25, -0.2) is 9.18 Å². The zero-order chi connectivity index (χ0) is 15.2. The quantitative estimate of drug-likeness (QED) is 0.898. The van der Waals surface area contributed by atoms with Gasteiger partial charge in [0.1, 0.15) is 5.82 Å². The van der Waals surface area contributed by atoms with Crippen LogP contribution in [0, 0.1) is 5.82 Å². The van der Waals surface area contributed by atoms with Gasteiger partial charge in [-0.3, -0.25) is 0 Å². The first-order valence-electron chi connectivity index (χ1n) is 7.16. The van der Waals surface area contributed by atoms with E-state index in [1.54, 1.807) is 6.07 Å². The summed E-state index contributed by atoms with van der Waals surface area (Å²) in [5.41, 5.74) is 0.692. The minimum absolute atomic E-state index is 0.128. The van der Waals surface area contributed by atoms with Gasteiger partial charge in [0.15, 0.2) is 0 Å². The minimum atomic E-state index is -0.390. The lowest BCUT2D eigenvalue weighted by atomic mass is 10.1. The molecule has 1 aliphatic rings. The number of carbonyl (C=O) groups is 1. The number of nitrogens with one attached hydrogen (secondary N) is 2. The number of urea groups is 1. The highest BCUT2D eigenvalue weighted by molar-refractivity contribution is 6.31. The van der Waals surface area contributed by atoms with Gasteiger partial charge in [0, 0.05) is 24.3 Å². The van der Waals surface area contributed by atoms with E-state index in [4.69, 9.17) is 16.3 Å². The molecule has 0 aliphatic carbocycles. The molecule has 1 heterocycles. The number of benzene rings is 1. The number of hydrogen-bond acceptors (Lipinski definition) is 2. The van der Waals surface area contributed by atoms with Gasteiger partial charge in [0.2, 0.25) is 0 Å². The summed E-state index contributed by atoms with van der Waals surface area (Å²) in [5.74, 6) is -0.390. The maximum Gasteiger partial charge on any atom is 0.315 e. The van der Waals surface area contributed by atoms with Crippen LogP contribution in [0.3, 0.4) is 0 Å². The second-order valence-electron chi connectivity index (χ2n) is 5.25. The van der Waals surface area contributed by atoms with E-state index in [9.17, 15) is 9.18 Å². The molecule has 2 atom stereocenters. The van der Waals surface area contributed by atoms with Crippen LogP contribution in [0.15, 0.2) is 18.2 Å². The molecule has 2 amide bonds. The highest BCUT2D eigenvalue weighted by Crippen LogP contribution is 2.23. The largest absolute Gasteiger partial charge is 0.381 e. The second-order valence-corrected chi connectivity index (χ2v) is 5.65. The monoisotopic (exact) mass is 314 g/mol. The first-order chi connectivity index (χ1) is 10.1. The van der Waals surface area contributed by atoms with Gasteiger partial charge in [-0.2, -0.15) is 0 Å². The van der Waals surface area contributed by atoms with Crippen molar-refractivity contribution in [1.82, 2.24) is 10.6 Å². The van der Waals surface area contributed by atoms with Crippen LogP contribution in [0.2, 0.25) is 5.02 Å². The molecule has 4 nitrogen and oxygen atoms in total. The second kappa shape index (κ2) is 7.61. The first kappa shape index (κ1) is 16.0. The zero-order valence-corrected chi connectivity index (χ0v) is 12.8. The van der Waals surface area contributed by atoms with Crippen molar-refractivity contribution in [2.75, 3.05) is 13.2 Å². The Kier molecular flexibility index (Phi) is 5.82. The number of carbonyl (C=O) groups excluding carboxylic acids is 1. The molecule has 1 saturated heterocycles. The molecule has 0 aromatic heterocycles. The zero-order valence-electron chi connectivity index (χ0n) is 12.0. The first-order valence-corrected chi connectivity index (χ1v) is 7.54. The average Bonchev–Trinajstić information content (AvgIpc) is 2.66. The summed E-state index contributed by atoms with van der Waals surface area (Å²) < 4.78 is 18.4.